The number of para-hydroxylation sites is 1. The molecular formula is C15H18N2O2. The van der Waals surface area contributed by atoms with Crippen molar-refractivity contribution in [3.63, 3.8) is 0 Å². The number of hydrogen-bond acceptors (Lipinski definition) is 2. The molecule has 0 atom stereocenters. The zero-order valence-electron chi connectivity index (χ0n) is 10.8. The Bertz CT molecular complexity index is 583. The molecule has 2 heterocycles. The molecule has 1 aromatic carbocycles. The molecule has 1 fully saturated rings. The quantitative estimate of drug-likeness (QED) is 0.919. The summed E-state index contributed by atoms with van der Waals surface area (Å²) in [4.78, 5) is 12.7. The van der Waals surface area contributed by atoms with Crippen molar-refractivity contribution in [3.05, 3.63) is 36.5 Å². The van der Waals surface area contributed by atoms with Gasteiger partial charge in [-0.15, -0.1) is 0 Å². The van der Waals surface area contributed by atoms with Gasteiger partial charge in [0.1, 0.15) is 0 Å². The van der Waals surface area contributed by atoms with Crippen molar-refractivity contribution < 1.29 is 9.90 Å². The average Bonchev–Trinajstić information content (AvgIpc) is 2.83. The van der Waals surface area contributed by atoms with Crippen LogP contribution in [0.4, 0.5) is 0 Å². The van der Waals surface area contributed by atoms with Crippen molar-refractivity contribution >= 4 is 16.9 Å². The molecule has 1 aromatic heterocycles. The molecule has 100 valence electrons. The van der Waals surface area contributed by atoms with Gasteiger partial charge >= 0.3 is 5.97 Å². The largest absolute Gasteiger partial charge is 0.480 e. The van der Waals surface area contributed by atoms with Crippen molar-refractivity contribution in [3.8, 4) is 0 Å². The maximum Gasteiger partial charge on any atom is 0.317 e. The highest BCUT2D eigenvalue weighted by Crippen LogP contribution is 2.27. The molecule has 0 radical (unpaired) electrons. The van der Waals surface area contributed by atoms with Crippen LogP contribution in [0.5, 0.6) is 0 Å². The second-order valence-corrected chi connectivity index (χ2v) is 5.18. The van der Waals surface area contributed by atoms with E-state index >= 15 is 0 Å². The van der Waals surface area contributed by atoms with Crippen molar-refractivity contribution in [2.24, 2.45) is 0 Å². The third kappa shape index (κ3) is 2.49. The lowest BCUT2D eigenvalue weighted by Gasteiger charge is -2.32. The van der Waals surface area contributed by atoms with Gasteiger partial charge in [0.05, 0.1) is 6.54 Å². The zero-order chi connectivity index (χ0) is 13.2. The Morgan fingerprint density at radius 3 is 2.68 bits per heavy atom. The molecule has 1 saturated heterocycles. The monoisotopic (exact) mass is 258 g/mol. The summed E-state index contributed by atoms with van der Waals surface area (Å²) in [7, 11) is 0. The molecular weight excluding hydrogens is 240 g/mol. The van der Waals surface area contributed by atoms with Gasteiger partial charge < -0.3 is 9.67 Å². The summed E-state index contributed by atoms with van der Waals surface area (Å²) in [5.74, 6) is -0.732. The van der Waals surface area contributed by atoms with E-state index in [1.165, 1.54) is 10.9 Å². The fraction of sp³-hybridized carbons (Fsp3) is 0.400. The number of carboxylic acid groups (broad SMARTS) is 1. The summed E-state index contributed by atoms with van der Waals surface area (Å²) in [5.41, 5.74) is 1.28. The van der Waals surface area contributed by atoms with E-state index in [2.05, 4.69) is 41.1 Å². The van der Waals surface area contributed by atoms with E-state index in [4.69, 9.17) is 5.11 Å². The van der Waals surface area contributed by atoms with Gasteiger partial charge in [0.15, 0.2) is 0 Å². The minimum Gasteiger partial charge on any atom is -0.480 e. The second-order valence-electron chi connectivity index (χ2n) is 5.18. The van der Waals surface area contributed by atoms with E-state index in [-0.39, 0.29) is 6.54 Å². The maximum absolute atomic E-state index is 10.7. The Morgan fingerprint density at radius 1 is 1.21 bits per heavy atom. The molecule has 0 bridgehead atoms. The van der Waals surface area contributed by atoms with Gasteiger partial charge in [0.2, 0.25) is 0 Å². The smallest absolute Gasteiger partial charge is 0.317 e. The molecule has 3 rings (SSSR count). The average molecular weight is 258 g/mol. The number of fused-ring (bicyclic) bond motifs is 1. The van der Waals surface area contributed by atoms with Gasteiger partial charge in [-0.1, -0.05) is 18.2 Å². The van der Waals surface area contributed by atoms with Crippen molar-refractivity contribution in [1.82, 2.24) is 9.47 Å². The van der Waals surface area contributed by atoms with Crippen LogP contribution in [0.1, 0.15) is 18.9 Å². The lowest BCUT2D eigenvalue weighted by Crippen LogP contribution is -2.37. The summed E-state index contributed by atoms with van der Waals surface area (Å²) in [5, 5.41) is 10.1. The summed E-state index contributed by atoms with van der Waals surface area (Å²) in [6.07, 6.45) is 4.19. The van der Waals surface area contributed by atoms with Crippen LogP contribution in [-0.2, 0) is 4.79 Å². The van der Waals surface area contributed by atoms with E-state index in [1.807, 2.05) is 4.90 Å². The molecule has 2 aromatic rings. The van der Waals surface area contributed by atoms with E-state index in [1.54, 1.807) is 0 Å². The molecule has 1 N–H and O–H groups in total. The molecule has 19 heavy (non-hydrogen) atoms. The van der Waals surface area contributed by atoms with Crippen molar-refractivity contribution in [2.45, 2.75) is 18.9 Å². The zero-order valence-corrected chi connectivity index (χ0v) is 10.8. The standard InChI is InChI=1S/C15H18N2O2/c18-15(19)11-16-8-6-13(7-9-16)17-10-5-12-3-1-2-4-14(12)17/h1-5,10,13H,6-9,11H2,(H,18,19). The Kier molecular flexibility index (Phi) is 3.25. The van der Waals surface area contributed by atoms with E-state index in [0.717, 1.165) is 25.9 Å². The summed E-state index contributed by atoms with van der Waals surface area (Å²) >= 11 is 0. The predicted octanol–water partition coefficient (Wildman–Crippen LogP) is 2.36. The molecule has 0 unspecified atom stereocenters. The molecule has 1 aliphatic rings. The van der Waals surface area contributed by atoms with Gasteiger partial charge in [-0.05, 0) is 30.4 Å². The van der Waals surface area contributed by atoms with Crippen LogP contribution < -0.4 is 0 Å². The second kappa shape index (κ2) is 5.05. The van der Waals surface area contributed by atoms with Gasteiger partial charge in [-0.25, -0.2) is 0 Å². The molecule has 0 saturated carbocycles. The Hall–Kier alpha value is -1.81. The third-order valence-electron chi connectivity index (χ3n) is 3.94. The number of nitrogens with zero attached hydrogens (tertiary/aromatic N) is 2. The molecule has 1 aliphatic heterocycles. The fourth-order valence-electron chi connectivity index (χ4n) is 2.97. The third-order valence-corrected chi connectivity index (χ3v) is 3.94. The number of hydrogen-bond donors (Lipinski definition) is 1. The summed E-state index contributed by atoms with van der Waals surface area (Å²) in [6, 6.07) is 11.1. The van der Waals surface area contributed by atoms with Crippen molar-refractivity contribution in [1.29, 1.82) is 0 Å². The Balaban J connectivity index is 1.73. The maximum atomic E-state index is 10.7. The summed E-state index contributed by atoms with van der Waals surface area (Å²) < 4.78 is 2.34. The van der Waals surface area contributed by atoms with Gasteiger partial charge in [0, 0.05) is 30.8 Å². The minimum absolute atomic E-state index is 0.166. The van der Waals surface area contributed by atoms with Crippen LogP contribution in [0.3, 0.4) is 0 Å². The highest BCUT2D eigenvalue weighted by Gasteiger charge is 2.22. The molecule has 4 heteroatoms. The van der Waals surface area contributed by atoms with Crippen LogP contribution in [0.2, 0.25) is 0 Å². The van der Waals surface area contributed by atoms with Gasteiger partial charge in [-0.2, -0.15) is 0 Å². The molecule has 0 amide bonds. The first kappa shape index (κ1) is 12.2. The topological polar surface area (TPSA) is 45.5 Å². The first-order valence-electron chi connectivity index (χ1n) is 6.74. The first-order valence-corrected chi connectivity index (χ1v) is 6.74. The van der Waals surface area contributed by atoms with Crippen LogP contribution in [-0.4, -0.2) is 40.2 Å². The Morgan fingerprint density at radius 2 is 1.95 bits per heavy atom. The summed E-state index contributed by atoms with van der Waals surface area (Å²) in [6.45, 7) is 1.89. The number of likely N-dealkylation sites (tertiary alicyclic amines) is 1. The van der Waals surface area contributed by atoms with E-state index < -0.39 is 5.97 Å². The highest BCUT2D eigenvalue weighted by atomic mass is 16.4. The van der Waals surface area contributed by atoms with Crippen LogP contribution in [0.25, 0.3) is 10.9 Å². The Labute approximate surface area is 112 Å². The van der Waals surface area contributed by atoms with E-state index in [9.17, 15) is 4.79 Å². The molecule has 0 aliphatic carbocycles. The van der Waals surface area contributed by atoms with Gasteiger partial charge in [0.25, 0.3) is 0 Å². The number of carbonyl (C=O) groups is 1. The number of carboxylic acids is 1. The normalized spacial score (nSPS) is 17.9. The number of aliphatic carboxylic acids is 1. The SMILES string of the molecule is O=C(O)CN1CCC(n2ccc3ccccc32)CC1. The molecule has 4 nitrogen and oxygen atoms in total. The van der Waals surface area contributed by atoms with Crippen molar-refractivity contribution in [2.75, 3.05) is 19.6 Å². The first-order chi connectivity index (χ1) is 9.24. The van der Waals surface area contributed by atoms with Gasteiger partial charge in [-0.3, -0.25) is 9.69 Å². The number of benzene rings is 1. The van der Waals surface area contributed by atoms with E-state index in [0.29, 0.717) is 6.04 Å². The van der Waals surface area contributed by atoms with Crippen LogP contribution in [0, 0.1) is 0 Å². The number of piperidine rings is 1. The fourth-order valence-corrected chi connectivity index (χ4v) is 2.97. The number of rotatable bonds is 3. The highest BCUT2D eigenvalue weighted by molar-refractivity contribution is 5.80. The van der Waals surface area contributed by atoms with Crippen LogP contribution >= 0.6 is 0 Å². The molecule has 0 spiro atoms. The lowest BCUT2D eigenvalue weighted by atomic mass is 10.0. The number of aromatic nitrogens is 1. The predicted molar refractivity (Wildman–Crippen MR) is 74.3 cm³/mol. The minimum atomic E-state index is -0.732. The van der Waals surface area contributed by atoms with Crippen LogP contribution in [0.15, 0.2) is 36.5 Å². The lowest BCUT2D eigenvalue weighted by molar-refractivity contribution is -0.138.